The van der Waals surface area contributed by atoms with E-state index in [1.54, 1.807) is 7.11 Å². The fourth-order valence-corrected chi connectivity index (χ4v) is 1.52. The highest BCUT2D eigenvalue weighted by Crippen LogP contribution is 2.18. The molecule has 1 rings (SSSR count). The molecule has 0 aliphatic rings. The monoisotopic (exact) mass is 225 g/mol. The zero-order valence-electron chi connectivity index (χ0n) is 9.68. The van der Waals surface area contributed by atoms with E-state index in [9.17, 15) is 0 Å². The van der Waals surface area contributed by atoms with Gasteiger partial charge in [-0.1, -0.05) is 12.1 Å². The summed E-state index contributed by atoms with van der Waals surface area (Å²) in [6.07, 6.45) is 0. The molecule has 0 saturated heterocycles. The lowest BCUT2D eigenvalue weighted by Crippen LogP contribution is -2.37. The highest BCUT2D eigenvalue weighted by atomic mass is 16.5. The quantitative estimate of drug-likeness (QED) is 0.667. The molecule has 0 heterocycles. The van der Waals surface area contributed by atoms with Crippen LogP contribution >= 0.6 is 0 Å². The lowest BCUT2D eigenvalue weighted by Gasteiger charge is -2.20. The Balaban J connectivity index is 2.67. The number of aliphatic hydroxyl groups is 2. The zero-order valence-corrected chi connectivity index (χ0v) is 9.68. The van der Waals surface area contributed by atoms with Crippen molar-refractivity contribution in [1.29, 1.82) is 0 Å². The van der Waals surface area contributed by atoms with Gasteiger partial charge in [-0.05, 0) is 24.6 Å². The number of benzene rings is 1. The van der Waals surface area contributed by atoms with Gasteiger partial charge in [0.05, 0.1) is 26.4 Å². The molecule has 1 atom stereocenters. The number of aliphatic hydroxyl groups excluding tert-OH is 2. The SMILES string of the molecule is COc1cccc(C(C)NC(CO)CO)c1. The number of methoxy groups -OCH3 is 1. The van der Waals surface area contributed by atoms with Gasteiger partial charge in [0.15, 0.2) is 0 Å². The molecule has 1 aromatic carbocycles. The van der Waals surface area contributed by atoms with E-state index in [1.165, 1.54) is 0 Å². The minimum Gasteiger partial charge on any atom is -0.497 e. The molecule has 0 radical (unpaired) electrons. The average molecular weight is 225 g/mol. The molecule has 0 aliphatic carbocycles. The standard InChI is InChI=1S/C12H19NO3/c1-9(13-11(7-14)8-15)10-4-3-5-12(6-10)16-2/h3-6,9,11,13-15H,7-8H2,1-2H3. The van der Waals surface area contributed by atoms with Gasteiger partial charge in [-0.2, -0.15) is 0 Å². The van der Waals surface area contributed by atoms with E-state index in [1.807, 2.05) is 31.2 Å². The molecule has 0 bridgehead atoms. The molecule has 0 spiro atoms. The molecule has 4 nitrogen and oxygen atoms in total. The molecule has 0 fully saturated rings. The molecule has 1 aromatic rings. The van der Waals surface area contributed by atoms with E-state index >= 15 is 0 Å². The van der Waals surface area contributed by atoms with Crippen molar-refractivity contribution < 1.29 is 14.9 Å². The summed E-state index contributed by atoms with van der Waals surface area (Å²) < 4.78 is 5.14. The number of rotatable bonds is 6. The first-order valence-electron chi connectivity index (χ1n) is 5.33. The summed E-state index contributed by atoms with van der Waals surface area (Å²) in [4.78, 5) is 0. The third-order valence-corrected chi connectivity index (χ3v) is 2.52. The van der Waals surface area contributed by atoms with Crippen molar-refractivity contribution in [3.05, 3.63) is 29.8 Å². The summed E-state index contributed by atoms with van der Waals surface area (Å²) in [7, 11) is 1.63. The van der Waals surface area contributed by atoms with Crippen molar-refractivity contribution in [2.75, 3.05) is 20.3 Å². The lowest BCUT2D eigenvalue weighted by atomic mass is 10.1. The van der Waals surface area contributed by atoms with Crippen molar-refractivity contribution in [3.8, 4) is 5.75 Å². The maximum Gasteiger partial charge on any atom is 0.119 e. The lowest BCUT2D eigenvalue weighted by molar-refractivity contribution is 0.163. The van der Waals surface area contributed by atoms with Crippen LogP contribution in [0.3, 0.4) is 0 Å². The first kappa shape index (κ1) is 13.0. The molecule has 0 saturated carbocycles. The van der Waals surface area contributed by atoms with Gasteiger partial charge in [0.2, 0.25) is 0 Å². The average Bonchev–Trinajstić information content (AvgIpc) is 2.35. The largest absolute Gasteiger partial charge is 0.497 e. The van der Waals surface area contributed by atoms with E-state index < -0.39 is 0 Å². The van der Waals surface area contributed by atoms with Crippen LogP contribution in [0.25, 0.3) is 0 Å². The molecule has 90 valence electrons. The second kappa shape index (κ2) is 6.48. The molecular formula is C12H19NO3. The normalized spacial score (nSPS) is 12.8. The van der Waals surface area contributed by atoms with Gasteiger partial charge < -0.3 is 20.3 Å². The molecule has 0 aliphatic heterocycles. The number of ether oxygens (including phenoxy) is 1. The van der Waals surface area contributed by atoms with Crippen LogP contribution in [0.15, 0.2) is 24.3 Å². The van der Waals surface area contributed by atoms with Gasteiger partial charge in [0.25, 0.3) is 0 Å². The van der Waals surface area contributed by atoms with Crippen molar-refractivity contribution in [2.24, 2.45) is 0 Å². The summed E-state index contributed by atoms with van der Waals surface area (Å²) in [5, 5.41) is 21.1. The fraction of sp³-hybridized carbons (Fsp3) is 0.500. The smallest absolute Gasteiger partial charge is 0.119 e. The molecule has 3 N–H and O–H groups in total. The highest BCUT2D eigenvalue weighted by Gasteiger charge is 2.11. The first-order chi connectivity index (χ1) is 7.71. The molecule has 0 aromatic heterocycles. The maximum absolute atomic E-state index is 8.98. The van der Waals surface area contributed by atoms with E-state index in [-0.39, 0.29) is 25.3 Å². The van der Waals surface area contributed by atoms with Crippen LogP contribution in [0.5, 0.6) is 5.75 Å². The van der Waals surface area contributed by atoms with Gasteiger partial charge in [-0.3, -0.25) is 0 Å². The van der Waals surface area contributed by atoms with Gasteiger partial charge in [-0.25, -0.2) is 0 Å². The van der Waals surface area contributed by atoms with Crippen molar-refractivity contribution in [3.63, 3.8) is 0 Å². The van der Waals surface area contributed by atoms with Crippen LogP contribution in [0.2, 0.25) is 0 Å². The van der Waals surface area contributed by atoms with Crippen molar-refractivity contribution in [1.82, 2.24) is 5.32 Å². The summed E-state index contributed by atoms with van der Waals surface area (Å²) in [6.45, 7) is 1.82. The molecule has 4 heteroatoms. The van der Waals surface area contributed by atoms with Crippen LogP contribution in [0, 0.1) is 0 Å². The van der Waals surface area contributed by atoms with Gasteiger partial charge in [-0.15, -0.1) is 0 Å². The molecule has 16 heavy (non-hydrogen) atoms. The Hall–Kier alpha value is -1.10. The van der Waals surface area contributed by atoms with Gasteiger partial charge >= 0.3 is 0 Å². The Kier molecular flexibility index (Phi) is 5.25. The second-order valence-corrected chi connectivity index (χ2v) is 3.73. The summed E-state index contributed by atoms with van der Waals surface area (Å²) in [5.41, 5.74) is 1.06. The third-order valence-electron chi connectivity index (χ3n) is 2.52. The van der Waals surface area contributed by atoms with E-state index in [2.05, 4.69) is 5.32 Å². The summed E-state index contributed by atoms with van der Waals surface area (Å²) in [6, 6.07) is 7.47. The van der Waals surface area contributed by atoms with Crippen LogP contribution in [-0.2, 0) is 0 Å². The van der Waals surface area contributed by atoms with Crippen LogP contribution < -0.4 is 10.1 Å². The van der Waals surface area contributed by atoms with Gasteiger partial charge in [0.1, 0.15) is 5.75 Å². The topological polar surface area (TPSA) is 61.7 Å². The minimum absolute atomic E-state index is 0.0550. The molecule has 0 amide bonds. The summed E-state index contributed by atoms with van der Waals surface area (Å²) in [5.74, 6) is 0.802. The Bertz CT molecular complexity index is 313. The van der Waals surface area contributed by atoms with E-state index in [4.69, 9.17) is 14.9 Å². The molecule has 1 unspecified atom stereocenters. The number of nitrogens with one attached hydrogen (secondary N) is 1. The third kappa shape index (κ3) is 3.48. The predicted octanol–water partition coefficient (Wildman–Crippen LogP) is 0.699. The Morgan fingerprint density at radius 2 is 2.00 bits per heavy atom. The van der Waals surface area contributed by atoms with Crippen molar-refractivity contribution in [2.45, 2.75) is 19.0 Å². The van der Waals surface area contributed by atoms with Crippen LogP contribution in [-0.4, -0.2) is 36.6 Å². The van der Waals surface area contributed by atoms with Gasteiger partial charge in [0, 0.05) is 6.04 Å². The van der Waals surface area contributed by atoms with E-state index in [0.29, 0.717) is 0 Å². The number of hydrogen-bond acceptors (Lipinski definition) is 4. The Morgan fingerprint density at radius 1 is 1.31 bits per heavy atom. The Labute approximate surface area is 95.9 Å². The predicted molar refractivity (Wildman–Crippen MR) is 62.5 cm³/mol. The van der Waals surface area contributed by atoms with Crippen LogP contribution in [0.4, 0.5) is 0 Å². The summed E-state index contributed by atoms with van der Waals surface area (Å²) >= 11 is 0. The highest BCUT2D eigenvalue weighted by molar-refractivity contribution is 5.30. The molecular weight excluding hydrogens is 206 g/mol. The fourth-order valence-electron chi connectivity index (χ4n) is 1.52. The van der Waals surface area contributed by atoms with E-state index in [0.717, 1.165) is 11.3 Å². The van der Waals surface area contributed by atoms with Crippen LogP contribution in [0.1, 0.15) is 18.5 Å². The maximum atomic E-state index is 8.98. The second-order valence-electron chi connectivity index (χ2n) is 3.73. The zero-order chi connectivity index (χ0) is 12.0. The minimum atomic E-state index is -0.291. The first-order valence-corrected chi connectivity index (χ1v) is 5.33. The van der Waals surface area contributed by atoms with Crippen molar-refractivity contribution >= 4 is 0 Å². The number of hydrogen-bond donors (Lipinski definition) is 3. The Morgan fingerprint density at radius 3 is 2.56 bits per heavy atom.